The molecule has 0 spiro atoms. The maximum absolute atomic E-state index is 12.5. The summed E-state index contributed by atoms with van der Waals surface area (Å²) in [6, 6.07) is 16.9. The van der Waals surface area contributed by atoms with Crippen LogP contribution in [-0.2, 0) is 6.54 Å². The van der Waals surface area contributed by atoms with Gasteiger partial charge in [-0.3, -0.25) is 4.79 Å². The van der Waals surface area contributed by atoms with Crippen LogP contribution in [0.1, 0.15) is 16.1 Å². The van der Waals surface area contributed by atoms with Crippen LogP contribution >= 0.6 is 11.6 Å². The van der Waals surface area contributed by atoms with Crippen LogP contribution in [0.25, 0.3) is 5.69 Å². The van der Waals surface area contributed by atoms with Crippen LogP contribution in [0.4, 0.5) is 0 Å². The summed E-state index contributed by atoms with van der Waals surface area (Å²) in [6.45, 7) is 0.413. The summed E-state index contributed by atoms with van der Waals surface area (Å²) in [4.78, 5) is 15.5. The minimum absolute atomic E-state index is 0.202. The van der Waals surface area contributed by atoms with Crippen molar-refractivity contribution in [2.24, 2.45) is 0 Å². The van der Waals surface area contributed by atoms with Crippen LogP contribution in [0.15, 0.2) is 60.8 Å². The molecular formula is C17H15ClN4O. The molecule has 0 saturated carbocycles. The molecule has 1 aromatic heterocycles. The smallest absolute Gasteiger partial charge is 0.276 e. The topological polar surface area (TPSA) is 51.0 Å². The van der Waals surface area contributed by atoms with Crippen molar-refractivity contribution in [3.63, 3.8) is 0 Å². The molecule has 1 heterocycles. The standard InChI is InChI=1S/C17H15ClN4O/c1-21(12-13-7-5-6-10-15(13)18)17(23)16-11-19-22(20-16)14-8-3-2-4-9-14/h2-11H,12H2,1H3. The van der Waals surface area contributed by atoms with Gasteiger partial charge in [-0.15, -0.1) is 5.10 Å². The number of hydrogen-bond acceptors (Lipinski definition) is 3. The van der Waals surface area contributed by atoms with Gasteiger partial charge in [0.25, 0.3) is 5.91 Å². The second-order valence-corrected chi connectivity index (χ2v) is 5.51. The first-order chi connectivity index (χ1) is 11.1. The molecular weight excluding hydrogens is 312 g/mol. The Morgan fingerprint density at radius 3 is 2.57 bits per heavy atom. The molecule has 0 aliphatic carbocycles. The fourth-order valence-corrected chi connectivity index (χ4v) is 2.39. The lowest BCUT2D eigenvalue weighted by Gasteiger charge is -2.16. The Hall–Kier alpha value is -2.66. The Labute approximate surface area is 139 Å². The molecule has 0 N–H and O–H groups in total. The molecule has 3 rings (SSSR count). The number of rotatable bonds is 4. The van der Waals surface area contributed by atoms with Crippen LogP contribution in [0, 0.1) is 0 Å². The van der Waals surface area contributed by atoms with Gasteiger partial charge in [0.05, 0.1) is 11.9 Å². The van der Waals surface area contributed by atoms with Crippen molar-refractivity contribution >= 4 is 17.5 Å². The number of nitrogens with zero attached hydrogens (tertiary/aromatic N) is 4. The molecule has 2 aromatic carbocycles. The number of benzene rings is 2. The summed E-state index contributed by atoms with van der Waals surface area (Å²) in [5.41, 5.74) is 1.99. The van der Waals surface area contributed by atoms with E-state index in [9.17, 15) is 4.79 Å². The highest BCUT2D eigenvalue weighted by Crippen LogP contribution is 2.17. The van der Waals surface area contributed by atoms with Gasteiger partial charge < -0.3 is 4.90 Å². The second kappa shape index (κ2) is 6.62. The summed E-state index contributed by atoms with van der Waals surface area (Å²) in [5.74, 6) is -0.202. The molecule has 0 aliphatic rings. The highest BCUT2D eigenvalue weighted by molar-refractivity contribution is 6.31. The van der Waals surface area contributed by atoms with E-state index in [0.717, 1.165) is 11.3 Å². The number of carbonyl (C=O) groups is 1. The molecule has 5 nitrogen and oxygen atoms in total. The molecule has 0 bridgehead atoms. The van der Waals surface area contributed by atoms with Crippen molar-refractivity contribution in [3.8, 4) is 5.69 Å². The summed E-state index contributed by atoms with van der Waals surface area (Å²) in [7, 11) is 1.72. The molecule has 0 fully saturated rings. The predicted molar refractivity (Wildman–Crippen MR) is 88.6 cm³/mol. The molecule has 0 unspecified atom stereocenters. The van der Waals surface area contributed by atoms with E-state index >= 15 is 0 Å². The van der Waals surface area contributed by atoms with Crippen LogP contribution < -0.4 is 0 Å². The van der Waals surface area contributed by atoms with Crippen LogP contribution in [0.3, 0.4) is 0 Å². The number of aromatic nitrogens is 3. The monoisotopic (exact) mass is 326 g/mol. The van der Waals surface area contributed by atoms with E-state index in [1.54, 1.807) is 18.0 Å². The Balaban J connectivity index is 1.76. The van der Waals surface area contributed by atoms with Gasteiger partial charge in [0.1, 0.15) is 0 Å². The van der Waals surface area contributed by atoms with Gasteiger partial charge in [0, 0.05) is 18.6 Å². The lowest BCUT2D eigenvalue weighted by molar-refractivity contribution is 0.0779. The Bertz CT molecular complexity index is 816. The van der Waals surface area contributed by atoms with Crippen molar-refractivity contribution in [1.29, 1.82) is 0 Å². The van der Waals surface area contributed by atoms with E-state index in [-0.39, 0.29) is 5.91 Å². The van der Waals surface area contributed by atoms with Gasteiger partial charge in [0.15, 0.2) is 5.69 Å². The van der Waals surface area contributed by atoms with E-state index in [4.69, 9.17) is 11.6 Å². The van der Waals surface area contributed by atoms with Gasteiger partial charge in [-0.1, -0.05) is 48.0 Å². The normalized spacial score (nSPS) is 10.5. The number of amides is 1. The first-order valence-electron chi connectivity index (χ1n) is 7.12. The molecule has 0 aliphatic heterocycles. The average molecular weight is 327 g/mol. The highest BCUT2D eigenvalue weighted by Gasteiger charge is 2.17. The number of hydrogen-bond donors (Lipinski definition) is 0. The third-order valence-corrected chi connectivity index (χ3v) is 3.78. The van der Waals surface area contributed by atoms with E-state index < -0.39 is 0 Å². The first kappa shape index (κ1) is 15.2. The lowest BCUT2D eigenvalue weighted by Crippen LogP contribution is -2.26. The number of carbonyl (C=O) groups excluding carboxylic acids is 1. The summed E-state index contributed by atoms with van der Waals surface area (Å²) < 4.78 is 0. The third kappa shape index (κ3) is 3.40. The minimum atomic E-state index is -0.202. The lowest BCUT2D eigenvalue weighted by atomic mass is 10.2. The maximum atomic E-state index is 12.5. The molecule has 6 heteroatoms. The summed E-state index contributed by atoms with van der Waals surface area (Å²) in [6.07, 6.45) is 1.47. The van der Waals surface area contributed by atoms with Crippen molar-refractivity contribution in [2.45, 2.75) is 6.54 Å². The van der Waals surface area contributed by atoms with Gasteiger partial charge in [-0.2, -0.15) is 9.90 Å². The largest absolute Gasteiger partial charge is 0.336 e. The summed E-state index contributed by atoms with van der Waals surface area (Å²) in [5, 5.41) is 9.03. The quantitative estimate of drug-likeness (QED) is 0.740. The van der Waals surface area contributed by atoms with Crippen molar-refractivity contribution in [2.75, 3.05) is 7.05 Å². The zero-order valence-electron chi connectivity index (χ0n) is 12.6. The zero-order chi connectivity index (χ0) is 16.2. The number of para-hydroxylation sites is 1. The Morgan fingerprint density at radius 1 is 1.13 bits per heavy atom. The Kier molecular flexibility index (Phi) is 4.39. The molecule has 3 aromatic rings. The predicted octanol–water partition coefficient (Wildman–Crippen LogP) is 3.19. The van der Waals surface area contributed by atoms with Gasteiger partial charge in [-0.05, 0) is 23.8 Å². The fraction of sp³-hybridized carbons (Fsp3) is 0.118. The van der Waals surface area contributed by atoms with E-state index in [1.807, 2.05) is 48.5 Å². The van der Waals surface area contributed by atoms with E-state index in [0.29, 0.717) is 17.3 Å². The minimum Gasteiger partial charge on any atom is -0.336 e. The van der Waals surface area contributed by atoms with E-state index in [2.05, 4.69) is 10.2 Å². The zero-order valence-corrected chi connectivity index (χ0v) is 13.3. The van der Waals surface area contributed by atoms with E-state index in [1.165, 1.54) is 11.0 Å². The van der Waals surface area contributed by atoms with Crippen molar-refractivity contribution < 1.29 is 4.79 Å². The van der Waals surface area contributed by atoms with Crippen LogP contribution in [-0.4, -0.2) is 32.8 Å². The average Bonchev–Trinajstić information content (AvgIpc) is 3.07. The maximum Gasteiger partial charge on any atom is 0.276 e. The first-order valence-corrected chi connectivity index (χ1v) is 7.49. The SMILES string of the molecule is CN(Cc1ccccc1Cl)C(=O)c1cnn(-c2ccccc2)n1. The molecule has 116 valence electrons. The van der Waals surface area contributed by atoms with Crippen molar-refractivity contribution in [3.05, 3.63) is 77.1 Å². The summed E-state index contributed by atoms with van der Waals surface area (Å²) >= 11 is 6.13. The van der Waals surface area contributed by atoms with Gasteiger partial charge in [0.2, 0.25) is 0 Å². The highest BCUT2D eigenvalue weighted by atomic mass is 35.5. The molecule has 0 saturated heterocycles. The second-order valence-electron chi connectivity index (χ2n) is 5.11. The van der Waals surface area contributed by atoms with Gasteiger partial charge >= 0.3 is 0 Å². The molecule has 1 amide bonds. The van der Waals surface area contributed by atoms with Crippen molar-refractivity contribution in [1.82, 2.24) is 19.9 Å². The Morgan fingerprint density at radius 2 is 1.83 bits per heavy atom. The number of halogens is 1. The molecule has 23 heavy (non-hydrogen) atoms. The molecule has 0 radical (unpaired) electrons. The third-order valence-electron chi connectivity index (χ3n) is 3.41. The van der Waals surface area contributed by atoms with Gasteiger partial charge in [-0.25, -0.2) is 0 Å². The van der Waals surface area contributed by atoms with Crippen LogP contribution in [0.2, 0.25) is 5.02 Å². The molecule has 0 atom stereocenters. The van der Waals surface area contributed by atoms with Crippen LogP contribution in [0.5, 0.6) is 0 Å². The fourth-order valence-electron chi connectivity index (χ4n) is 2.20.